The first-order chi connectivity index (χ1) is 18.9. The number of aryl methyl sites for hydroxylation is 3. The van der Waals surface area contributed by atoms with Crippen molar-refractivity contribution in [3.8, 4) is 17.2 Å². The summed E-state index contributed by atoms with van der Waals surface area (Å²) in [6.45, 7) is 9.90. The summed E-state index contributed by atoms with van der Waals surface area (Å²) >= 11 is 0. The maximum atomic E-state index is 12.3. The van der Waals surface area contributed by atoms with Crippen molar-refractivity contribution in [3.05, 3.63) is 75.6 Å². The van der Waals surface area contributed by atoms with Crippen LogP contribution in [-0.2, 0) is 5.41 Å². The maximum Gasteiger partial charge on any atom is 0.246 e. The van der Waals surface area contributed by atoms with Crippen molar-refractivity contribution in [2.24, 2.45) is 5.92 Å². The van der Waals surface area contributed by atoms with Gasteiger partial charge in [0.1, 0.15) is 39.8 Å². The number of phenolic OH excluding ortho intramolecular Hbond substituents is 2. The van der Waals surface area contributed by atoms with Crippen molar-refractivity contribution < 1.29 is 34.0 Å². The second-order valence-electron chi connectivity index (χ2n) is 12.4. The number of ether oxygens (including phenoxy) is 1. The van der Waals surface area contributed by atoms with E-state index in [9.17, 15) is 20.4 Å². The highest BCUT2D eigenvalue weighted by atomic mass is 16.6. The van der Waals surface area contributed by atoms with Gasteiger partial charge in [-0.2, -0.15) is 0 Å². The van der Waals surface area contributed by atoms with E-state index < -0.39 is 23.2 Å². The molecule has 3 heterocycles. The number of rotatable bonds is 0. The smallest absolute Gasteiger partial charge is 0.246 e. The number of furan rings is 2. The fourth-order valence-electron chi connectivity index (χ4n) is 8.37. The van der Waals surface area contributed by atoms with E-state index in [0.29, 0.717) is 45.3 Å². The topological polar surface area (TPSA) is 116 Å². The molecule has 0 amide bonds. The molecular formula is C33H30O7. The van der Waals surface area contributed by atoms with E-state index in [1.54, 1.807) is 18.2 Å². The Balaban J connectivity index is 1.46. The summed E-state index contributed by atoms with van der Waals surface area (Å²) in [6, 6.07) is 8.91. The maximum absolute atomic E-state index is 12.3. The van der Waals surface area contributed by atoms with Gasteiger partial charge in [0, 0.05) is 39.8 Å². The Labute approximate surface area is 229 Å². The molecule has 2 aromatic heterocycles. The summed E-state index contributed by atoms with van der Waals surface area (Å²) in [7, 11) is 0. The van der Waals surface area contributed by atoms with E-state index in [-0.39, 0.29) is 23.2 Å². The minimum absolute atomic E-state index is 0.0910. The molecule has 5 atom stereocenters. The van der Waals surface area contributed by atoms with Gasteiger partial charge in [0.15, 0.2) is 6.10 Å². The number of hydrogen-bond donors (Lipinski definition) is 4. The van der Waals surface area contributed by atoms with Gasteiger partial charge in [0.05, 0.1) is 10.8 Å². The Morgan fingerprint density at radius 3 is 2.15 bits per heavy atom. The highest BCUT2D eigenvalue weighted by Gasteiger charge is 2.67. The summed E-state index contributed by atoms with van der Waals surface area (Å²) < 4.78 is 18.8. The van der Waals surface area contributed by atoms with Crippen LogP contribution in [0.2, 0.25) is 0 Å². The van der Waals surface area contributed by atoms with Crippen LogP contribution in [-0.4, -0.2) is 26.2 Å². The zero-order chi connectivity index (χ0) is 28.0. The molecule has 0 saturated carbocycles. The largest absolute Gasteiger partial charge is 0.507 e. The molecular weight excluding hydrogens is 508 g/mol. The molecule has 7 heteroatoms. The summed E-state index contributed by atoms with van der Waals surface area (Å²) in [4.78, 5) is 0. The molecule has 3 aromatic carbocycles. The van der Waals surface area contributed by atoms with Gasteiger partial charge in [-0.05, 0) is 75.1 Å². The average molecular weight is 539 g/mol. The van der Waals surface area contributed by atoms with Gasteiger partial charge in [-0.25, -0.2) is 0 Å². The van der Waals surface area contributed by atoms with E-state index >= 15 is 0 Å². The molecule has 0 fully saturated rings. The lowest BCUT2D eigenvalue weighted by Gasteiger charge is -2.58. The first-order valence-corrected chi connectivity index (χ1v) is 13.6. The Kier molecular flexibility index (Phi) is 4.31. The molecule has 0 saturated heterocycles. The van der Waals surface area contributed by atoms with E-state index in [2.05, 4.69) is 19.9 Å². The molecule has 0 radical (unpaired) electrons. The molecule has 8 rings (SSSR count). The van der Waals surface area contributed by atoms with E-state index in [0.717, 1.165) is 33.2 Å². The van der Waals surface area contributed by atoms with Crippen LogP contribution in [0.1, 0.15) is 65.9 Å². The number of aliphatic hydroxyl groups is 2. The Morgan fingerprint density at radius 1 is 0.825 bits per heavy atom. The fourth-order valence-corrected chi connectivity index (χ4v) is 8.37. The molecule has 4 N–H and O–H groups in total. The SMILES string of the molecule is CC1=C[C@H]2c3c(cc4oc5cc(C)cc(O)c5c4c3C)O[C@]3(O)[C@@H](O)c4oc5cc(C)cc(O)c5c4[C@@](C)(C1)[C@@H]23. The molecule has 3 aliphatic rings. The highest BCUT2D eigenvalue weighted by molar-refractivity contribution is 6.11. The molecule has 204 valence electrons. The van der Waals surface area contributed by atoms with E-state index in [4.69, 9.17) is 13.6 Å². The second-order valence-corrected chi connectivity index (χ2v) is 12.4. The third-order valence-electron chi connectivity index (χ3n) is 9.61. The normalized spacial score (nSPS) is 28.8. The van der Waals surface area contributed by atoms with Crippen molar-refractivity contribution >= 4 is 32.9 Å². The Bertz CT molecular complexity index is 1990. The standard InChI is InChI=1S/C33H30O7/c1-13-7-18(34)26-20(9-13)38-22-11-23-24(16(4)25(22)26)17-6-15(3)12-32(5)28-27-19(35)8-14(2)10-21(27)39-29(28)31(36)33(37,40-23)30(17)32/h6-11,17,30-31,34-37H,12H2,1-5H3/t17-,30+,31-,32+,33-/m0/s1. The van der Waals surface area contributed by atoms with Gasteiger partial charge < -0.3 is 34.0 Å². The number of fused-ring (bicyclic) bond motifs is 9. The van der Waals surface area contributed by atoms with Crippen LogP contribution in [0.15, 0.2) is 50.8 Å². The summed E-state index contributed by atoms with van der Waals surface area (Å²) in [5.41, 5.74) is 6.17. The Morgan fingerprint density at radius 2 is 1.45 bits per heavy atom. The van der Waals surface area contributed by atoms with E-state index in [1.807, 2.05) is 32.9 Å². The quantitative estimate of drug-likeness (QED) is 0.160. The summed E-state index contributed by atoms with van der Waals surface area (Å²) in [5.74, 6) is -2.03. The van der Waals surface area contributed by atoms with E-state index in [1.165, 1.54) is 0 Å². The molecule has 1 aliphatic heterocycles. The number of hydrogen-bond acceptors (Lipinski definition) is 7. The van der Waals surface area contributed by atoms with Gasteiger partial charge in [-0.3, -0.25) is 0 Å². The first kappa shape index (κ1) is 23.9. The zero-order valence-corrected chi connectivity index (χ0v) is 22.9. The van der Waals surface area contributed by atoms with Crippen molar-refractivity contribution in [2.75, 3.05) is 0 Å². The number of aliphatic hydroxyl groups excluding tert-OH is 1. The lowest BCUT2D eigenvalue weighted by molar-refractivity contribution is -0.276. The number of allylic oxidation sites excluding steroid dienone is 2. The third kappa shape index (κ3) is 2.67. The summed E-state index contributed by atoms with van der Waals surface area (Å²) in [6.07, 6.45) is 1.26. The lowest BCUT2D eigenvalue weighted by atomic mass is 9.51. The molecule has 0 spiro atoms. The van der Waals surface area contributed by atoms with Gasteiger partial charge in [0.25, 0.3) is 0 Å². The average Bonchev–Trinajstić information content (AvgIpc) is 3.41. The van der Waals surface area contributed by atoms with Crippen molar-refractivity contribution in [1.29, 1.82) is 0 Å². The lowest BCUT2D eigenvalue weighted by Crippen LogP contribution is -2.63. The monoisotopic (exact) mass is 538 g/mol. The Hall–Kier alpha value is -3.94. The number of benzene rings is 3. The zero-order valence-electron chi connectivity index (χ0n) is 22.9. The van der Waals surface area contributed by atoms with Crippen LogP contribution in [0.3, 0.4) is 0 Å². The third-order valence-corrected chi connectivity index (χ3v) is 9.61. The van der Waals surface area contributed by atoms with Gasteiger partial charge in [-0.15, -0.1) is 0 Å². The molecule has 7 nitrogen and oxygen atoms in total. The van der Waals surface area contributed by atoms with Crippen LogP contribution in [0.5, 0.6) is 17.2 Å². The van der Waals surface area contributed by atoms with Crippen molar-refractivity contribution in [2.45, 2.75) is 64.3 Å². The van der Waals surface area contributed by atoms with Gasteiger partial charge >= 0.3 is 0 Å². The summed E-state index contributed by atoms with van der Waals surface area (Å²) in [5, 5.41) is 48.1. The van der Waals surface area contributed by atoms with Crippen LogP contribution >= 0.6 is 0 Å². The molecule has 40 heavy (non-hydrogen) atoms. The highest BCUT2D eigenvalue weighted by Crippen LogP contribution is 2.66. The minimum atomic E-state index is -2.00. The number of aromatic hydroxyl groups is 2. The van der Waals surface area contributed by atoms with Crippen molar-refractivity contribution in [1.82, 2.24) is 0 Å². The van der Waals surface area contributed by atoms with Gasteiger partial charge in [-0.1, -0.05) is 18.6 Å². The van der Waals surface area contributed by atoms with Crippen LogP contribution in [0, 0.1) is 26.7 Å². The van der Waals surface area contributed by atoms with Crippen molar-refractivity contribution in [3.63, 3.8) is 0 Å². The van der Waals surface area contributed by atoms with Crippen LogP contribution in [0.25, 0.3) is 32.9 Å². The predicted molar refractivity (Wildman–Crippen MR) is 150 cm³/mol. The molecule has 5 aromatic rings. The van der Waals surface area contributed by atoms with Gasteiger partial charge in [0.2, 0.25) is 5.79 Å². The number of phenols is 2. The second kappa shape index (κ2) is 7.22. The first-order valence-electron chi connectivity index (χ1n) is 13.6. The molecule has 0 unspecified atom stereocenters. The minimum Gasteiger partial charge on any atom is -0.507 e. The molecule has 0 bridgehead atoms. The van der Waals surface area contributed by atoms with Crippen LogP contribution < -0.4 is 4.74 Å². The predicted octanol–water partition coefficient (Wildman–Crippen LogP) is 6.80. The molecule has 2 aliphatic carbocycles. The van der Waals surface area contributed by atoms with Crippen LogP contribution in [0.4, 0.5) is 0 Å². The fraction of sp³-hybridized carbons (Fsp3) is 0.333.